The molecule has 0 aliphatic rings. The Kier molecular flexibility index (Phi) is 27.8. The van der Waals surface area contributed by atoms with Gasteiger partial charge in [-0.05, 0) is 51.4 Å². The maximum atomic E-state index is 12.5. The lowest BCUT2D eigenvalue weighted by Crippen LogP contribution is -2.55. The van der Waals surface area contributed by atoms with Gasteiger partial charge in [0, 0.05) is 19.3 Å². The Bertz CT molecular complexity index is 803. The summed E-state index contributed by atoms with van der Waals surface area (Å²) in [6, 6.07) is -0.728. The van der Waals surface area contributed by atoms with Crippen molar-refractivity contribution in [1.82, 2.24) is 0 Å². The van der Waals surface area contributed by atoms with Crippen LogP contribution in [0.25, 0.3) is 0 Å². The summed E-state index contributed by atoms with van der Waals surface area (Å²) in [6.45, 7) is 4.52. The number of likely N-dealkylation sites (N-methyl/N-ethyl adjacent to an activating group) is 1. The van der Waals surface area contributed by atoms with Gasteiger partial charge >= 0.3 is 11.9 Å². The summed E-state index contributed by atoms with van der Waals surface area (Å²) in [5, 5.41) is 11.5. The molecule has 8 heteroatoms. The minimum Gasteiger partial charge on any atom is -0.544 e. The molecule has 0 spiro atoms. The molecule has 0 aromatic carbocycles. The molecule has 2 unspecified atom stereocenters. The van der Waals surface area contributed by atoms with Crippen molar-refractivity contribution >= 4 is 17.9 Å². The molecule has 0 radical (unpaired) electrons. The molecule has 0 heterocycles. The Labute approximate surface area is 275 Å². The van der Waals surface area contributed by atoms with Gasteiger partial charge in [0.15, 0.2) is 6.10 Å². The Morgan fingerprint density at radius 3 is 1.71 bits per heavy atom. The van der Waals surface area contributed by atoms with Crippen molar-refractivity contribution in [2.45, 2.75) is 154 Å². The number of allylic oxidation sites excluding steroid dienone is 4. The van der Waals surface area contributed by atoms with Gasteiger partial charge < -0.3 is 28.6 Å². The molecule has 262 valence electrons. The van der Waals surface area contributed by atoms with Gasteiger partial charge in [-0.1, -0.05) is 95.9 Å². The second-order valence-corrected chi connectivity index (χ2v) is 13.1. The number of carboxylic acids is 1. The van der Waals surface area contributed by atoms with Gasteiger partial charge in [-0.2, -0.15) is 0 Å². The van der Waals surface area contributed by atoms with Crippen LogP contribution in [0.15, 0.2) is 24.3 Å². The molecule has 0 rings (SSSR count). The summed E-state index contributed by atoms with van der Waals surface area (Å²) in [6.07, 6.45) is 28.0. The summed E-state index contributed by atoms with van der Waals surface area (Å²) < 4.78 is 16.9. The van der Waals surface area contributed by atoms with Crippen LogP contribution in [-0.4, -0.2) is 75.5 Å². The van der Waals surface area contributed by atoms with Crippen LogP contribution in [0.3, 0.4) is 0 Å². The normalized spacial score (nSPS) is 13.4. The first-order valence-corrected chi connectivity index (χ1v) is 17.9. The summed E-state index contributed by atoms with van der Waals surface area (Å²) in [5.74, 6) is -1.83. The largest absolute Gasteiger partial charge is 0.544 e. The molecule has 0 saturated carbocycles. The highest BCUT2D eigenvalue weighted by Gasteiger charge is 2.25. The monoisotopic (exact) mass is 637 g/mol. The maximum Gasteiger partial charge on any atom is 0.306 e. The van der Waals surface area contributed by atoms with Gasteiger partial charge in [-0.25, -0.2) is 0 Å². The zero-order chi connectivity index (χ0) is 33.6. The van der Waals surface area contributed by atoms with Crippen molar-refractivity contribution in [1.29, 1.82) is 0 Å². The van der Waals surface area contributed by atoms with Gasteiger partial charge in [0.25, 0.3) is 0 Å². The molecule has 8 nitrogen and oxygen atoms in total. The van der Waals surface area contributed by atoms with E-state index in [-0.39, 0.29) is 49.1 Å². The molecule has 45 heavy (non-hydrogen) atoms. The highest BCUT2D eigenvalue weighted by molar-refractivity contribution is 5.70. The lowest BCUT2D eigenvalue weighted by Gasteiger charge is -2.34. The van der Waals surface area contributed by atoms with Crippen LogP contribution in [0, 0.1) is 0 Å². The quantitative estimate of drug-likeness (QED) is 0.0342. The van der Waals surface area contributed by atoms with Crippen LogP contribution in [0.1, 0.15) is 142 Å². The van der Waals surface area contributed by atoms with Crippen LogP contribution in [0.2, 0.25) is 0 Å². The van der Waals surface area contributed by atoms with Crippen LogP contribution in [0.5, 0.6) is 0 Å². The van der Waals surface area contributed by atoms with Crippen LogP contribution < -0.4 is 5.11 Å². The third-order valence-electron chi connectivity index (χ3n) is 7.82. The Morgan fingerprint density at radius 1 is 0.644 bits per heavy atom. The van der Waals surface area contributed by atoms with E-state index in [0.29, 0.717) is 12.8 Å². The molecule has 0 saturated heterocycles. The number of nitrogens with zero attached hydrogens (tertiary/aromatic N) is 1. The average Bonchev–Trinajstić information content (AvgIpc) is 2.98. The molecule has 0 aliphatic heterocycles. The van der Waals surface area contributed by atoms with E-state index < -0.39 is 18.1 Å². The fourth-order valence-electron chi connectivity index (χ4n) is 4.96. The summed E-state index contributed by atoms with van der Waals surface area (Å²) >= 11 is 0. The van der Waals surface area contributed by atoms with E-state index in [1.807, 2.05) is 6.08 Å². The number of quaternary nitrogens is 1. The maximum absolute atomic E-state index is 12.5. The lowest BCUT2D eigenvalue weighted by atomic mass is 10.1. The van der Waals surface area contributed by atoms with Gasteiger partial charge in [-0.3, -0.25) is 9.59 Å². The molecule has 0 bridgehead atoms. The summed E-state index contributed by atoms with van der Waals surface area (Å²) in [7, 11) is 5.37. The van der Waals surface area contributed by atoms with Crippen molar-refractivity contribution in [2.24, 2.45) is 0 Å². The first kappa shape index (κ1) is 42.8. The molecular formula is C37H67NO7. The molecule has 2 atom stereocenters. The van der Waals surface area contributed by atoms with Crippen LogP contribution in [0.4, 0.5) is 0 Å². The van der Waals surface area contributed by atoms with E-state index >= 15 is 0 Å². The highest BCUT2D eigenvalue weighted by Crippen LogP contribution is 2.11. The second-order valence-electron chi connectivity index (χ2n) is 13.1. The number of carboxylic acid groups (broad SMARTS) is 1. The second kappa shape index (κ2) is 29.2. The van der Waals surface area contributed by atoms with Gasteiger partial charge in [0.1, 0.15) is 12.6 Å². The number of hydrogen-bond acceptors (Lipinski definition) is 7. The first-order chi connectivity index (χ1) is 21.6. The predicted molar refractivity (Wildman–Crippen MR) is 180 cm³/mol. The Morgan fingerprint density at radius 2 is 1.16 bits per heavy atom. The van der Waals surface area contributed by atoms with Crippen LogP contribution >= 0.6 is 0 Å². The van der Waals surface area contributed by atoms with Crippen molar-refractivity contribution in [2.75, 3.05) is 41.0 Å². The Balaban J connectivity index is 4.48. The molecule has 0 fully saturated rings. The number of aliphatic carboxylic acids is 1. The van der Waals surface area contributed by atoms with Crippen molar-refractivity contribution < 1.29 is 38.2 Å². The summed E-state index contributed by atoms with van der Waals surface area (Å²) in [4.78, 5) is 36.4. The van der Waals surface area contributed by atoms with E-state index in [4.69, 9.17) is 14.2 Å². The number of ether oxygens (including phenoxy) is 3. The van der Waals surface area contributed by atoms with Crippen molar-refractivity contribution in [3.8, 4) is 0 Å². The number of hydrogen-bond donors (Lipinski definition) is 0. The lowest BCUT2D eigenvalue weighted by molar-refractivity contribution is -0.889. The van der Waals surface area contributed by atoms with Gasteiger partial charge in [0.2, 0.25) is 0 Å². The molecule has 0 aliphatic carbocycles. The third-order valence-corrected chi connectivity index (χ3v) is 7.82. The standard InChI is InChI=1S/C37H67NO7/c1-6-8-10-12-14-16-17-18-19-20-22-23-25-27-35(39)44-32-33(31-43-30-29-34(37(41)42)38(3,4)5)45-36(40)28-26-24-21-15-13-11-9-7-2/h18-19,21,24,33-34H,6-17,20,22-23,25-32H2,1-5H3/b19-18+,24-21+. The number of carbonyl (C=O) groups is 3. The zero-order valence-corrected chi connectivity index (χ0v) is 29.5. The Hall–Kier alpha value is -2.19. The van der Waals surface area contributed by atoms with E-state index in [1.165, 1.54) is 57.8 Å². The van der Waals surface area contributed by atoms with Crippen molar-refractivity contribution in [3.05, 3.63) is 24.3 Å². The smallest absolute Gasteiger partial charge is 0.306 e. The number of esters is 2. The highest BCUT2D eigenvalue weighted by atomic mass is 16.6. The minimum absolute atomic E-state index is 0.0221. The SMILES string of the molecule is CCCCCC/C=C/CCC(=O)OC(COCCC(C(=O)[O-])[N+](C)(C)C)COC(=O)CCCCC/C=C/CCCCCCCC. The third kappa shape index (κ3) is 27.8. The number of unbranched alkanes of at least 4 members (excludes halogenated alkanes) is 13. The number of rotatable bonds is 31. The molecular weight excluding hydrogens is 570 g/mol. The van der Waals surface area contributed by atoms with E-state index in [2.05, 4.69) is 32.1 Å². The average molecular weight is 638 g/mol. The fourth-order valence-corrected chi connectivity index (χ4v) is 4.96. The summed E-state index contributed by atoms with van der Waals surface area (Å²) in [5.41, 5.74) is 0. The van der Waals surface area contributed by atoms with Crippen molar-refractivity contribution in [3.63, 3.8) is 0 Å². The van der Waals surface area contributed by atoms with E-state index in [9.17, 15) is 19.5 Å². The molecule has 0 N–H and O–H groups in total. The predicted octanol–water partition coefficient (Wildman–Crippen LogP) is 7.24. The first-order valence-electron chi connectivity index (χ1n) is 17.9. The van der Waals surface area contributed by atoms with Gasteiger partial charge in [0.05, 0.1) is 40.3 Å². The van der Waals surface area contributed by atoms with Gasteiger partial charge in [-0.15, -0.1) is 0 Å². The molecule has 0 aromatic heterocycles. The zero-order valence-electron chi connectivity index (χ0n) is 29.5. The van der Waals surface area contributed by atoms with Crippen LogP contribution in [-0.2, 0) is 28.6 Å². The topological polar surface area (TPSA) is 102 Å². The van der Waals surface area contributed by atoms with E-state index in [0.717, 1.165) is 44.9 Å². The fraction of sp³-hybridized carbons (Fsp3) is 0.811. The molecule has 0 aromatic rings. The van der Waals surface area contributed by atoms with E-state index in [1.54, 1.807) is 21.1 Å². The minimum atomic E-state index is -1.13. The number of carbonyl (C=O) groups excluding carboxylic acids is 3. The molecule has 0 amide bonds.